The zero-order valence-electron chi connectivity index (χ0n) is 18.7. The number of carbonyl (C=O) groups is 2. The van der Waals surface area contributed by atoms with E-state index in [9.17, 15) is 9.59 Å². The number of anilines is 1. The molecule has 4 aromatic rings. The molecule has 1 unspecified atom stereocenters. The first-order chi connectivity index (χ1) is 17.1. The second-order valence-corrected chi connectivity index (χ2v) is 9.99. The van der Waals surface area contributed by atoms with E-state index in [1.165, 1.54) is 11.3 Å². The Hall–Kier alpha value is -3.34. The summed E-state index contributed by atoms with van der Waals surface area (Å²) in [6.07, 6.45) is 7.20. The van der Waals surface area contributed by atoms with E-state index in [4.69, 9.17) is 11.6 Å². The fourth-order valence-electron chi connectivity index (χ4n) is 4.84. The first-order valence-electron chi connectivity index (χ1n) is 11.4. The molecule has 2 aliphatic rings. The van der Waals surface area contributed by atoms with Crippen LogP contribution in [-0.2, 0) is 4.79 Å². The van der Waals surface area contributed by atoms with E-state index in [1.807, 2.05) is 50.2 Å². The molecule has 2 amide bonds. The summed E-state index contributed by atoms with van der Waals surface area (Å²) in [7, 11) is 0. The molecular weight excluding hydrogens is 486 g/mol. The summed E-state index contributed by atoms with van der Waals surface area (Å²) >= 11 is 7.28. The molecule has 2 fully saturated rings. The van der Waals surface area contributed by atoms with Crippen molar-refractivity contribution >= 4 is 51.3 Å². The SMILES string of the molecule is O=C(c1nccs1)N1CCN(C2CC(=O)N(c3ccc4c(ccn4-c4ncc(Cl)cn4)c3)C2)CC1. The standard InChI is InChI=1S/C24H22ClN7O2S/c25-17-13-27-24(28-14-17)31-5-3-16-11-18(1-2-20(16)31)32-15-19(12-21(32)33)29-6-8-30(9-7-29)23(34)22-26-4-10-35-22/h1-5,10-11,13-14,19H,6-9,12,15H2. The van der Waals surface area contributed by atoms with Gasteiger partial charge in [0, 0.05) is 74.0 Å². The van der Waals surface area contributed by atoms with Crippen molar-refractivity contribution in [2.24, 2.45) is 0 Å². The lowest BCUT2D eigenvalue weighted by atomic mass is 10.2. The lowest BCUT2D eigenvalue weighted by Crippen LogP contribution is -2.52. The van der Waals surface area contributed by atoms with Crippen molar-refractivity contribution in [2.75, 3.05) is 37.6 Å². The van der Waals surface area contributed by atoms with Gasteiger partial charge in [0.2, 0.25) is 11.9 Å². The number of fused-ring (bicyclic) bond motifs is 1. The summed E-state index contributed by atoms with van der Waals surface area (Å²) in [5, 5.41) is 3.85. The third kappa shape index (κ3) is 4.18. The molecular formula is C24H22ClN7O2S. The third-order valence-corrected chi connectivity index (χ3v) is 7.60. The van der Waals surface area contributed by atoms with E-state index < -0.39 is 0 Å². The Morgan fingerprint density at radius 3 is 2.60 bits per heavy atom. The summed E-state index contributed by atoms with van der Waals surface area (Å²) in [4.78, 5) is 44.3. The Kier molecular flexibility index (Phi) is 5.71. The maximum absolute atomic E-state index is 12.9. The molecule has 5 heterocycles. The molecule has 3 aromatic heterocycles. The highest BCUT2D eigenvalue weighted by molar-refractivity contribution is 7.11. The zero-order chi connectivity index (χ0) is 23.9. The van der Waals surface area contributed by atoms with Gasteiger partial charge in [-0.2, -0.15) is 0 Å². The first kappa shape index (κ1) is 22.1. The molecule has 178 valence electrons. The minimum absolute atomic E-state index is 0.00647. The number of amides is 2. The molecule has 0 saturated carbocycles. The van der Waals surface area contributed by atoms with Crippen molar-refractivity contribution < 1.29 is 9.59 Å². The van der Waals surface area contributed by atoms with Gasteiger partial charge in [-0.25, -0.2) is 15.0 Å². The van der Waals surface area contributed by atoms with Crippen molar-refractivity contribution in [1.29, 1.82) is 0 Å². The van der Waals surface area contributed by atoms with Crippen LogP contribution in [0, 0.1) is 0 Å². The quantitative estimate of drug-likeness (QED) is 0.422. The van der Waals surface area contributed by atoms with Crippen LogP contribution in [0.4, 0.5) is 5.69 Å². The first-order valence-corrected chi connectivity index (χ1v) is 12.6. The highest BCUT2D eigenvalue weighted by Crippen LogP contribution is 2.29. The molecule has 0 aliphatic carbocycles. The second-order valence-electron chi connectivity index (χ2n) is 8.66. The van der Waals surface area contributed by atoms with Crippen LogP contribution >= 0.6 is 22.9 Å². The molecule has 0 N–H and O–H groups in total. The lowest BCUT2D eigenvalue weighted by Gasteiger charge is -2.37. The Bertz CT molecular complexity index is 1380. The normalized spacial score (nSPS) is 19.1. The third-order valence-electron chi connectivity index (χ3n) is 6.65. The fraction of sp³-hybridized carbons (Fsp3) is 0.292. The molecule has 0 spiro atoms. The van der Waals surface area contributed by atoms with E-state index in [0.717, 1.165) is 29.7 Å². The van der Waals surface area contributed by atoms with Crippen molar-refractivity contribution in [3.63, 3.8) is 0 Å². The number of benzene rings is 1. The van der Waals surface area contributed by atoms with Crippen molar-refractivity contribution in [3.05, 3.63) is 64.5 Å². The number of hydrogen-bond acceptors (Lipinski definition) is 7. The van der Waals surface area contributed by atoms with Crippen LogP contribution < -0.4 is 4.90 Å². The molecule has 1 atom stereocenters. The molecule has 9 nitrogen and oxygen atoms in total. The second kappa shape index (κ2) is 9.03. The van der Waals surface area contributed by atoms with Gasteiger partial charge in [-0.05, 0) is 24.3 Å². The van der Waals surface area contributed by atoms with E-state index in [0.29, 0.717) is 42.0 Å². The van der Waals surface area contributed by atoms with Crippen molar-refractivity contribution in [2.45, 2.75) is 12.5 Å². The summed E-state index contributed by atoms with van der Waals surface area (Å²) in [6.45, 7) is 3.45. The molecule has 1 aromatic carbocycles. The van der Waals surface area contributed by atoms with E-state index in [1.54, 1.807) is 18.6 Å². The molecule has 6 rings (SSSR count). The molecule has 2 saturated heterocycles. The van der Waals surface area contributed by atoms with Gasteiger partial charge in [0.25, 0.3) is 5.91 Å². The maximum Gasteiger partial charge on any atom is 0.282 e. The Labute approximate surface area is 210 Å². The van der Waals surface area contributed by atoms with E-state index in [2.05, 4.69) is 19.9 Å². The number of thiazole rings is 1. The lowest BCUT2D eigenvalue weighted by molar-refractivity contribution is -0.117. The number of nitrogens with zero attached hydrogens (tertiary/aromatic N) is 7. The van der Waals surface area contributed by atoms with Crippen LogP contribution in [0.25, 0.3) is 16.9 Å². The maximum atomic E-state index is 12.9. The van der Waals surface area contributed by atoms with Gasteiger partial charge in [-0.1, -0.05) is 11.6 Å². The molecule has 35 heavy (non-hydrogen) atoms. The van der Waals surface area contributed by atoms with Crippen LogP contribution in [0.1, 0.15) is 16.2 Å². The minimum atomic E-state index is -0.00647. The summed E-state index contributed by atoms with van der Waals surface area (Å²) in [5.74, 6) is 0.658. The van der Waals surface area contributed by atoms with Gasteiger partial charge in [-0.15, -0.1) is 11.3 Å². The van der Waals surface area contributed by atoms with Crippen molar-refractivity contribution in [3.8, 4) is 5.95 Å². The number of aromatic nitrogens is 4. The van der Waals surface area contributed by atoms with E-state index in [-0.39, 0.29) is 17.9 Å². The fourth-order valence-corrected chi connectivity index (χ4v) is 5.54. The van der Waals surface area contributed by atoms with Crippen LogP contribution in [0.3, 0.4) is 0 Å². The van der Waals surface area contributed by atoms with Gasteiger partial charge in [0.15, 0.2) is 5.01 Å². The topological polar surface area (TPSA) is 87.5 Å². The van der Waals surface area contributed by atoms with Crippen LogP contribution in [0.5, 0.6) is 0 Å². The van der Waals surface area contributed by atoms with Gasteiger partial charge in [-0.3, -0.25) is 19.1 Å². The summed E-state index contributed by atoms with van der Waals surface area (Å²) in [5.41, 5.74) is 1.85. The smallest absolute Gasteiger partial charge is 0.282 e. The number of halogens is 1. The van der Waals surface area contributed by atoms with Gasteiger partial charge in [0.05, 0.1) is 22.9 Å². The predicted molar refractivity (Wildman–Crippen MR) is 134 cm³/mol. The van der Waals surface area contributed by atoms with E-state index >= 15 is 0 Å². The average Bonchev–Trinajstić information content (AvgIpc) is 3.64. The van der Waals surface area contributed by atoms with Gasteiger partial charge >= 0.3 is 0 Å². The monoisotopic (exact) mass is 507 g/mol. The number of hydrogen-bond donors (Lipinski definition) is 0. The van der Waals surface area contributed by atoms with Crippen LogP contribution in [0.15, 0.2) is 54.4 Å². The summed E-state index contributed by atoms with van der Waals surface area (Å²) < 4.78 is 1.90. The van der Waals surface area contributed by atoms with Gasteiger partial charge < -0.3 is 9.80 Å². The molecule has 0 radical (unpaired) electrons. The molecule has 0 bridgehead atoms. The summed E-state index contributed by atoms with van der Waals surface area (Å²) in [6, 6.07) is 8.13. The average molecular weight is 508 g/mol. The highest BCUT2D eigenvalue weighted by Gasteiger charge is 2.36. The number of rotatable bonds is 4. The Balaban J connectivity index is 1.14. The zero-order valence-corrected chi connectivity index (χ0v) is 20.3. The Morgan fingerprint density at radius 2 is 1.86 bits per heavy atom. The predicted octanol–water partition coefficient (Wildman–Crippen LogP) is 3.09. The molecule has 2 aliphatic heterocycles. The van der Waals surface area contributed by atoms with Crippen molar-refractivity contribution in [1.82, 2.24) is 29.3 Å². The highest BCUT2D eigenvalue weighted by atomic mass is 35.5. The largest absolute Gasteiger partial charge is 0.334 e. The Morgan fingerprint density at radius 1 is 1.06 bits per heavy atom. The molecule has 11 heteroatoms. The number of carbonyl (C=O) groups excluding carboxylic acids is 2. The van der Waals surface area contributed by atoms with Crippen LogP contribution in [-0.4, -0.2) is 79.9 Å². The number of piperazine rings is 1. The van der Waals surface area contributed by atoms with Gasteiger partial charge in [0.1, 0.15) is 0 Å². The van der Waals surface area contributed by atoms with Crippen LogP contribution in [0.2, 0.25) is 5.02 Å². The minimum Gasteiger partial charge on any atom is -0.334 e.